The molecule has 4 saturated carbocycles. The summed E-state index contributed by atoms with van der Waals surface area (Å²) in [6.07, 6.45) is 9.50. The first kappa shape index (κ1) is 27.5. The highest BCUT2D eigenvalue weighted by Gasteiger charge is 2.55. The first-order valence-electron chi connectivity index (χ1n) is 14.4. The Kier molecular flexibility index (Phi) is 8.56. The number of esters is 1. The van der Waals surface area contributed by atoms with Crippen LogP contribution in [0.1, 0.15) is 108 Å². The van der Waals surface area contributed by atoms with Crippen molar-refractivity contribution < 1.29 is 19.4 Å². The molecule has 2 unspecified atom stereocenters. The lowest BCUT2D eigenvalue weighted by Gasteiger charge is -2.55. The number of rotatable bonds is 7. The van der Waals surface area contributed by atoms with Gasteiger partial charge in [0, 0.05) is 0 Å². The van der Waals surface area contributed by atoms with Gasteiger partial charge in [0.1, 0.15) is 5.75 Å². The number of carbonyl (C=O) groups excluding carboxylic acids is 1. The van der Waals surface area contributed by atoms with Crippen molar-refractivity contribution >= 4 is 5.97 Å². The zero-order chi connectivity index (χ0) is 26.7. The third kappa shape index (κ3) is 5.99. The van der Waals surface area contributed by atoms with E-state index in [1.54, 1.807) is 13.2 Å². The van der Waals surface area contributed by atoms with Gasteiger partial charge < -0.3 is 14.6 Å². The first-order chi connectivity index (χ1) is 17.7. The molecule has 0 heterocycles. The second-order valence-electron chi connectivity index (χ2n) is 12.2. The minimum atomic E-state index is -0.170. The minimum Gasteiger partial charge on any atom is -0.504 e. The maximum Gasteiger partial charge on any atom is 0.317 e. The summed E-state index contributed by atoms with van der Waals surface area (Å²) in [7, 11) is 1.56. The molecule has 4 heteroatoms. The predicted molar refractivity (Wildman–Crippen MR) is 149 cm³/mol. The number of methoxy groups -OCH3 is 1. The quantitative estimate of drug-likeness (QED) is 0.302. The van der Waals surface area contributed by atoms with Crippen LogP contribution in [0.25, 0.3) is 0 Å². The number of benzene rings is 2. The van der Waals surface area contributed by atoms with Gasteiger partial charge in [-0.3, -0.25) is 4.79 Å². The number of hydrogen-bond donors (Lipinski definition) is 1. The molecule has 0 amide bonds. The SMILES string of the molecule is CCC(C)c1ccc(O)c(OC)c1.CCC(C)c1ccc(OC(=O)C23CC4CC(CC(C4)C2)C3)c(C)c1. The van der Waals surface area contributed by atoms with Gasteiger partial charge in [-0.05, 0) is 123 Å². The third-order valence-corrected chi connectivity index (χ3v) is 9.44. The smallest absolute Gasteiger partial charge is 0.317 e. The molecule has 4 bridgehead atoms. The first-order valence-corrected chi connectivity index (χ1v) is 14.4. The molecular formula is C33H46O4. The summed E-state index contributed by atoms with van der Waals surface area (Å²) in [6, 6.07) is 11.8. The molecule has 0 saturated heterocycles. The Labute approximate surface area is 223 Å². The van der Waals surface area contributed by atoms with Gasteiger partial charge in [0.05, 0.1) is 12.5 Å². The maximum absolute atomic E-state index is 13.1. The lowest BCUT2D eigenvalue weighted by atomic mass is 9.49. The van der Waals surface area contributed by atoms with E-state index in [9.17, 15) is 9.90 Å². The molecule has 4 nitrogen and oxygen atoms in total. The van der Waals surface area contributed by atoms with Gasteiger partial charge in [-0.25, -0.2) is 0 Å². The van der Waals surface area contributed by atoms with Crippen molar-refractivity contribution in [3.8, 4) is 17.2 Å². The van der Waals surface area contributed by atoms with Crippen molar-refractivity contribution in [2.75, 3.05) is 7.11 Å². The molecule has 0 aliphatic heterocycles. The Balaban J connectivity index is 0.000000209. The number of ether oxygens (including phenoxy) is 2. The molecule has 2 atom stereocenters. The average molecular weight is 507 g/mol. The van der Waals surface area contributed by atoms with Crippen molar-refractivity contribution in [2.24, 2.45) is 23.2 Å². The highest BCUT2D eigenvalue weighted by molar-refractivity contribution is 5.80. The predicted octanol–water partition coefficient (Wildman–Crippen LogP) is 8.54. The van der Waals surface area contributed by atoms with Crippen molar-refractivity contribution in [1.82, 2.24) is 0 Å². The van der Waals surface area contributed by atoms with E-state index < -0.39 is 0 Å². The Hall–Kier alpha value is -2.49. The van der Waals surface area contributed by atoms with Crippen LogP contribution in [-0.4, -0.2) is 18.2 Å². The number of hydrogen-bond acceptors (Lipinski definition) is 4. The molecule has 0 spiro atoms. The van der Waals surface area contributed by atoms with Crippen LogP contribution in [0.4, 0.5) is 0 Å². The van der Waals surface area contributed by atoms with E-state index in [-0.39, 0.29) is 17.1 Å². The molecule has 2 aromatic rings. The molecular weight excluding hydrogens is 460 g/mol. The van der Waals surface area contributed by atoms with Crippen LogP contribution in [0.3, 0.4) is 0 Å². The fourth-order valence-corrected chi connectivity index (χ4v) is 7.13. The molecule has 0 aromatic heterocycles. The van der Waals surface area contributed by atoms with Crippen molar-refractivity contribution in [3.63, 3.8) is 0 Å². The van der Waals surface area contributed by atoms with Crippen molar-refractivity contribution in [1.29, 1.82) is 0 Å². The topological polar surface area (TPSA) is 55.8 Å². The maximum atomic E-state index is 13.1. The fraction of sp³-hybridized carbons (Fsp3) is 0.606. The Morgan fingerprint density at radius 3 is 1.89 bits per heavy atom. The van der Waals surface area contributed by atoms with Crippen LogP contribution in [0, 0.1) is 30.1 Å². The number of phenolic OH excluding ortho intramolecular Hbond substituents is 1. The summed E-state index contributed by atoms with van der Waals surface area (Å²) >= 11 is 0. The van der Waals surface area contributed by atoms with Gasteiger partial charge in [-0.15, -0.1) is 0 Å². The van der Waals surface area contributed by atoms with Gasteiger partial charge in [-0.2, -0.15) is 0 Å². The van der Waals surface area contributed by atoms with E-state index in [2.05, 4.69) is 46.8 Å². The third-order valence-electron chi connectivity index (χ3n) is 9.44. The molecule has 0 radical (unpaired) electrons. The van der Waals surface area contributed by atoms with Crippen LogP contribution in [0.2, 0.25) is 0 Å². The summed E-state index contributed by atoms with van der Waals surface area (Å²) < 4.78 is 11.0. The normalized spacial score (nSPS) is 27.1. The van der Waals surface area contributed by atoms with Crippen LogP contribution in [0.5, 0.6) is 17.2 Å². The monoisotopic (exact) mass is 506 g/mol. The number of aromatic hydroxyl groups is 1. The molecule has 1 N–H and O–H groups in total. The van der Waals surface area contributed by atoms with E-state index in [4.69, 9.17) is 9.47 Å². The van der Waals surface area contributed by atoms with Gasteiger partial charge in [0.2, 0.25) is 0 Å². The average Bonchev–Trinajstić information content (AvgIpc) is 2.88. The molecule has 202 valence electrons. The summed E-state index contributed by atoms with van der Waals surface area (Å²) in [5, 5.41) is 9.36. The lowest BCUT2D eigenvalue weighted by molar-refractivity contribution is -0.161. The van der Waals surface area contributed by atoms with Crippen LogP contribution in [0.15, 0.2) is 36.4 Å². The van der Waals surface area contributed by atoms with Crippen LogP contribution < -0.4 is 9.47 Å². The molecule has 4 aliphatic carbocycles. The Bertz CT molecular complexity index is 1050. The zero-order valence-corrected chi connectivity index (χ0v) is 23.7. The van der Waals surface area contributed by atoms with Crippen LogP contribution >= 0.6 is 0 Å². The Morgan fingerprint density at radius 2 is 1.41 bits per heavy atom. The van der Waals surface area contributed by atoms with Crippen molar-refractivity contribution in [2.45, 2.75) is 97.8 Å². The second-order valence-corrected chi connectivity index (χ2v) is 12.2. The summed E-state index contributed by atoms with van der Waals surface area (Å²) in [5.41, 5.74) is 3.46. The van der Waals surface area contributed by atoms with Crippen LogP contribution in [-0.2, 0) is 4.79 Å². The van der Waals surface area contributed by atoms with Crippen molar-refractivity contribution in [3.05, 3.63) is 53.1 Å². The minimum absolute atomic E-state index is 0.0565. The van der Waals surface area contributed by atoms with E-state index in [1.165, 1.54) is 30.4 Å². The number of carbonyl (C=O) groups is 1. The molecule has 37 heavy (non-hydrogen) atoms. The number of phenols is 1. The lowest BCUT2D eigenvalue weighted by Crippen LogP contribution is -2.51. The number of aryl methyl sites for hydroxylation is 1. The van der Waals surface area contributed by atoms with E-state index >= 15 is 0 Å². The second kappa shape index (κ2) is 11.5. The molecule has 4 aliphatic rings. The van der Waals surface area contributed by atoms with E-state index in [0.717, 1.165) is 61.2 Å². The Morgan fingerprint density at radius 1 is 0.892 bits per heavy atom. The summed E-state index contributed by atoms with van der Waals surface area (Å²) in [4.78, 5) is 13.1. The highest BCUT2D eigenvalue weighted by Crippen LogP contribution is 2.60. The summed E-state index contributed by atoms with van der Waals surface area (Å²) in [5.74, 6) is 4.97. The van der Waals surface area contributed by atoms with Gasteiger partial charge in [-0.1, -0.05) is 45.9 Å². The highest BCUT2D eigenvalue weighted by atomic mass is 16.5. The molecule has 2 aromatic carbocycles. The van der Waals surface area contributed by atoms with E-state index in [1.807, 2.05) is 18.2 Å². The van der Waals surface area contributed by atoms with E-state index in [0.29, 0.717) is 17.6 Å². The van der Waals surface area contributed by atoms with Gasteiger partial charge in [0.25, 0.3) is 0 Å². The largest absolute Gasteiger partial charge is 0.504 e. The van der Waals surface area contributed by atoms with Gasteiger partial charge >= 0.3 is 5.97 Å². The standard InChI is InChI=1S/C22H30O2.C11H16O2/c1-4-14(2)19-5-6-20(15(3)7-19)24-21(23)22-11-16-8-17(12-22)10-18(9-16)13-22;1-4-8(2)9-5-6-10(12)11(7-9)13-3/h5-7,14,16-18H,4,8-13H2,1-3H3;5-8,12H,4H2,1-3H3. The van der Waals surface area contributed by atoms with Gasteiger partial charge in [0.15, 0.2) is 11.5 Å². The molecule has 4 fully saturated rings. The molecule has 6 rings (SSSR count). The fourth-order valence-electron chi connectivity index (χ4n) is 7.13. The summed E-state index contributed by atoms with van der Waals surface area (Å²) in [6.45, 7) is 10.8. The zero-order valence-electron chi connectivity index (χ0n) is 23.7.